The first-order chi connectivity index (χ1) is 6.69. The molecule has 0 amide bonds. The van der Waals surface area contributed by atoms with Crippen LogP contribution in [0, 0.1) is 5.92 Å². The maximum Gasteiger partial charge on any atom is 0.469 e. The Kier molecular flexibility index (Phi) is 5.80. The molecule has 15 heavy (non-hydrogen) atoms. The molecular formula is C7H14F3O4P. The zero-order valence-electron chi connectivity index (χ0n) is 8.31. The van der Waals surface area contributed by atoms with Crippen molar-refractivity contribution < 1.29 is 32.0 Å². The second-order valence-electron chi connectivity index (χ2n) is 3.18. The van der Waals surface area contributed by atoms with Crippen molar-refractivity contribution >= 4 is 7.82 Å². The molecule has 3 atom stereocenters. The molecule has 0 aromatic heterocycles. The summed E-state index contributed by atoms with van der Waals surface area (Å²) in [5, 5.41) is 0. The topological polar surface area (TPSA) is 66.8 Å². The lowest BCUT2D eigenvalue weighted by Crippen LogP contribution is -2.32. The van der Waals surface area contributed by atoms with Crippen LogP contribution in [0.2, 0.25) is 0 Å². The van der Waals surface area contributed by atoms with Crippen LogP contribution in [0.15, 0.2) is 0 Å². The van der Waals surface area contributed by atoms with Gasteiger partial charge in [0.05, 0.1) is 6.10 Å². The highest BCUT2D eigenvalue weighted by Crippen LogP contribution is 2.41. The van der Waals surface area contributed by atoms with Crippen molar-refractivity contribution in [2.24, 2.45) is 5.92 Å². The lowest BCUT2D eigenvalue weighted by Gasteiger charge is -2.25. The van der Waals surface area contributed by atoms with Crippen LogP contribution in [0.3, 0.4) is 0 Å². The Balaban J connectivity index is 4.47. The van der Waals surface area contributed by atoms with Crippen molar-refractivity contribution in [1.82, 2.24) is 0 Å². The normalized spacial score (nSPS) is 18.9. The Morgan fingerprint density at radius 1 is 1.33 bits per heavy atom. The maximum absolute atomic E-state index is 12.8. The Labute approximate surface area is 85.7 Å². The first kappa shape index (κ1) is 14.9. The van der Waals surface area contributed by atoms with E-state index in [0.717, 1.165) is 6.92 Å². The molecule has 0 heterocycles. The molecule has 0 spiro atoms. The summed E-state index contributed by atoms with van der Waals surface area (Å²) < 4.78 is 51.5. The van der Waals surface area contributed by atoms with Gasteiger partial charge in [0.1, 0.15) is 0 Å². The van der Waals surface area contributed by atoms with Gasteiger partial charge in [0.2, 0.25) is 0 Å². The highest BCUT2D eigenvalue weighted by molar-refractivity contribution is 7.46. The third kappa shape index (κ3) is 5.51. The van der Waals surface area contributed by atoms with Gasteiger partial charge in [-0.05, 0) is 6.42 Å². The van der Waals surface area contributed by atoms with E-state index >= 15 is 0 Å². The Morgan fingerprint density at radius 3 is 2.07 bits per heavy atom. The fourth-order valence-corrected chi connectivity index (χ4v) is 1.85. The van der Waals surface area contributed by atoms with Gasteiger partial charge in [0, 0.05) is 5.92 Å². The monoisotopic (exact) mass is 250 g/mol. The predicted octanol–water partition coefficient (Wildman–Crippen LogP) is 2.11. The summed E-state index contributed by atoms with van der Waals surface area (Å²) in [7, 11) is -4.77. The van der Waals surface area contributed by atoms with Crippen molar-refractivity contribution in [3.8, 4) is 0 Å². The second kappa shape index (κ2) is 5.84. The molecule has 3 unspecified atom stereocenters. The third-order valence-corrected chi connectivity index (χ3v) is 2.55. The predicted molar refractivity (Wildman–Crippen MR) is 47.3 cm³/mol. The van der Waals surface area contributed by atoms with Crippen molar-refractivity contribution in [3.05, 3.63) is 0 Å². The average molecular weight is 250 g/mol. The molecule has 4 nitrogen and oxygen atoms in total. The number of halogens is 3. The average Bonchev–Trinajstić information content (AvgIpc) is 2.10. The van der Waals surface area contributed by atoms with Crippen LogP contribution in [0.5, 0.6) is 0 Å². The van der Waals surface area contributed by atoms with Crippen LogP contribution in [-0.2, 0) is 9.09 Å². The van der Waals surface area contributed by atoms with E-state index in [2.05, 4.69) is 4.52 Å². The summed E-state index contributed by atoms with van der Waals surface area (Å²) in [6.07, 6.45) is -6.83. The smallest absolute Gasteiger partial charge is 0.303 e. The number of alkyl halides is 3. The summed E-state index contributed by atoms with van der Waals surface area (Å²) in [5.74, 6) is -1.28. The lowest BCUT2D eigenvalue weighted by molar-refractivity contribution is -0.0232. The highest BCUT2D eigenvalue weighted by atomic mass is 31.2. The van der Waals surface area contributed by atoms with Gasteiger partial charge < -0.3 is 9.79 Å². The highest BCUT2D eigenvalue weighted by Gasteiger charge is 2.35. The first-order valence-electron chi connectivity index (χ1n) is 4.35. The van der Waals surface area contributed by atoms with Gasteiger partial charge in [0.15, 0.2) is 6.17 Å². The van der Waals surface area contributed by atoms with Gasteiger partial charge in [-0.1, -0.05) is 13.8 Å². The van der Waals surface area contributed by atoms with Crippen molar-refractivity contribution in [3.63, 3.8) is 0 Å². The van der Waals surface area contributed by atoms with E-state index in [-0.39, 0.29) is 6.42 Å². The van der Waals surface area contributed by atoms with E-state index in [1.807, 2.05) is 0 Å². The lowest BCUT2D eigenvalue weighted by atomic mass is 9.98. The van der Waals surface area contributed by atoms with Gasteiger partial charge in [-0.15, -0.1) is 0 Å². The SMILES string of the molecule is CCC(OP(=O)(O)O)C(C)C(F)C(F)F. The molecule has 2 N–H and O–H groups in total. The number of hydrogen-bond acceptors (Lipinski definition) is 2. The van der Waals surface area contributed by atoms with Crippen LogP contribution in [-0.4, -0.2) is 28.5 Å². The minimum atomic E-state index is -4.77. The third-order valence-electron chi connectivity index (χ3n) is 2.00. The van der Waals surface area contributed by atoms with E-state index in [4.69, 9.17) is 9.79 Å². The maximum atomic E-state index is 12.8. The summed E-state index contributed by atoms with van der Waals surface area (Å²) in [4.78, 5) is 16.9. The van der Waals surface area contributed by atoms with Crippen LogP contribution in [0.1, 0.15) is 20.3 Å². The van der Waals surface area contributed by atoms with E-state index in [1.54, 1.807) is 0 Å². The van der Waals surface area contributed by atoms with Crippen molar-refractivity contribution in [2.45, 2.75) is 39.0 Å². The molecule has 0 aliphatic rings. The fourth-order valence-electron chi connectivity index (χ4n) is 1.15. The number of rotatable bonds is 6. The first-order valence-corrected chi connectivity index (χ1v) is 5.88. The molecule has 0 saturated heterocycles. The van der Waals surface area contributed by atoms with Gasteiger partial charge >= 0.3 is 7.82 Å². The second-order valence-corrected chi connectivity index (χ2v) is 4.37. The largest absolute Gasteiger partial charge is 0.469 e. The Hall–Kier alpha value is -0.100. The fraction of sp³-hybridized carbons (Fsp3) is 1.00. The minimum Gasteiger partial charge on any atom is -0.303 e. The number of phosphoric ester groups is 1. The van der Waals surface area contributed by atoms with E-state index < -0.39 is 32.4 Å². The van der Waals surface area contributed by atoms with E-state index in [9.17, 15) is 17.7 Å². The summed E-state index contributed by atoms with van der Waals surface area (Å²) >= 11 is 0. The zero-order chi connectivity index (χ0) is 12.2. The Morgan fingerprint density at radius 2 is 1.80 bits per heavy atom. The van der Waals surface area contributed by atoms with Crippen molar-refractivity contribution in [1.29, 1.82) is 0 Å². The zero-order valence-corrected chi connectivity index (χ0v) is 9.20. The summed E-state index contributed by atoms with van der Waals surface area (Å²) in [6, 6.07) is 0. The molecule has 0 rings (SSSR count). The molecular weight excluding hydrogens is 236 g/mol. The molecule has 0 aliphatic carbocycles. The molecule has 0 saturated carbocycles. The quantitative estimate of drug-likeness (QED) is 0.708. The van der Waals surface area contributed by atoms with E-state index in [1.165, 1.54) is 6.92 Å². The number of hydrogen-bond donors (Lipinski definition) is 2. The van der Waals surface area contributed by atoms with E-state index in [0.29, 0.717) is 0 Å². The molecule has 92 valence electrons. The minimum absolute atomic E-state index is 0.0411. The van der Waals surface area contributed by atoms with Gasteiger partial charge in [-0.25, -0.2) is 17.7 Å². The molecule has 0 fully saturated rings. The molecule has 0 aromatic carbocycles. The summed E-state index contributed by atoms with van der Waals surface area (Å²) in [6.45, 7) is 2.59. The van der Waals surface area contributed by atoms with Gasteiger partial charge in [0.25, 0.3) is 6.43 Å². The van der Waals surface area contributed by atoms with Gasteiger partial charge in [-0.3, -0.25) is 4.52 Å². The van der Waals surface area contributed by atoms with Crippen molar-refractivity contribution in [2.75, 3.05) is 0 Å². The number of phosphoric acid groups is 1. The summed E-state index contributed by atoms with van der Waals surface area (Å²) in [5.41, 5.74) is 0. The molecule has 0 radical (unpaired) electrons. The van der Waals surface area contributed by atoms with Gasteiger partial charge in [-0.2, -0.15) is 0 Å². The molecule has 0 aromatic rings. The Bertz CT molecular complexity index is 232. The molecule has 0 bridgehead atoms. The van der Waals surface area contributed by atoms with Crippen LogP contribution >= 0.6 is 7.82 Å². The molecule has 8 heteroatoms. The van der Waals surface area contributed by atoms with Crippen LogP contribution in [0.25, 0.3) is 0 Å². The standard InChI is InChI=1S/C7H14F3O4P/c1-3-5(14-15(11,12)13)4(2)6(8)7(9)10/h4-7H,3H2,1-2H3,(H2,11,12,13). The van der Waals surface area contributed by atoms with Crippen LogP contribution < -0.4 is 0 Å². The van der Waals surface area contributed by atoms with Crippen LogP contribution in [0.4, 0.5) is 13.2 Å². The molecule has 0 aliphatic heterocycles.